The predicted octanol–water partition coefficient (Wildman–Crippen LogP) is 1.00. The van der Waals surface area contributed by atoms with E-state index in [4.69, 9.17) is 5.73 Å². The summed E-state index contributed by atoms with van der Waals surface area (Å²) >= 11 is 0. The first-order chi connectivity index (χ1) is 7.61. The van der Waals surface area contributed by atoms with Gasteiger partial charge in [0.1, 0.15) is 6.04 Å². The summed E-state index contributed by atoms with van der Waals surface area (Å²) in [4.78, 5) is 21.7. The Kier molecular flexibility index (Phi) is 8.52. The van der Waals surface area contributed by atoms with Gasteiger partial charge in [0.15, 0.2) is 0 Å². The van der Waals surface area contributed by atoms with Crippen LogP contribution >= 0.6 is 0 Å². The van der Waals surface area contributed by atoms with Gasteiger partial charge in [0.2, 0.25) is 0 Å². The number of hydrogen-bond acceptors (Lipinski definition) is 5. The summed E-state index contributed by atoms with van der Waals surface area (Å²) < 4.78 is 9.03. The molecule has 1 unspecified atom stereocenters. The van der Waals surface area contributed by atoms with Crippen LogP contribution in [0.3, 0.4) is 0 Å². The fourth-order valence-electron chi connectivity index (χ4n) is 1.36. The lowest BCUT2D eigenvalue weighted by atomic mass is 10.1. The molecule has 5 heteroatoms. The number of unbranched alkanes of at least 4 members (excludes halogenated alkanes) is 3. The second-order valence-electron chi connectivity index (χ2n) is 3.66. The lowest BCUT2D eigenvalue weighted by Gasteiger charge is -2.08. The first-order valence-electron chi connectivity index (χ1n) is 5.52. The lowest BCUT2D eigenvalue weighted by Crippen LogP contribution is -2.31. The molecule has 0 aromatic carbocycles. The van der Waals surface area contributed by atoms with Crippen molar-refractivity contribution in [2.45, 2.75) is 44.6 Å². The SMILES string of the molecule is COC(=O)CCCCCCC(N)C(=O)OC. The molecular formula is C11H21NO4. The fraction of sp³-hybridized carbons (Fsp3) is 0.818. The fourth-order valence-corrected chi connectivity index (χ4v) is 1.36. The van der Waals surface area contributed by atoms with Crippen LogP contribution in [0, 0.1) is 0 Å². The summed E-state index contributed by atoms with van der Waals surface area (Å²) in [6.07, 6.45) is 4.69. The molecule has 0 bridgehead atoms. The molecular weight excluding hydrogens is 210 g/mol. The Morgan fingerprint density at radius 3 is 2.25 bits per heavy atom. The minimum atomic E-state index is -0.523. The number of methoxy groups -OCH3 is 2. The van der Waals surface area contributed by atoms with Crippen LogP contribution in [0.1, 0.15) is 38.5 Å². The number of ether oxygens (including phenoxy) is 2. The third-order valence-electron chi connectivity index (χ3n) is 2.38. The molecule has 0 aromatic heterocycles. The lowest BCUT2D eigenvalue weighted by molar-refractivity contribution is -0.142. The molecule has 94 valence electrons. The van der Waals surface area contributed by atoms with Crippen molar-refractivity contribution in [2.24, 2.45) is 5.73 Å². The maximum absolute atomic E-state index is 11.0. The maximum Gasteiger partial charge on any atom is 0.322 e. The number of hydrogen-bond donors (Lipinski definition) is 1. The van der Waals surface area contributed by atoms with Gasteiger partial charge in [-0.25, -0.2) is 0 Å². The number of carbonyl (C=O) groups is 2. The third-order valence-corrected chi connectivity index (χ3v) is 2.38. The van der Waals surface area contributed by atoms with E-state index in [1.165, 1.54) is 14.2 Å². The van der Waals surface area contributed by atoms with Crippen molar-refractivity contribution in [1.29, 1.82) is 0 Å². The highest BCUT2D eigenvalue weighted by atomic mass is 16.5. The number of esters is 2. The van der Waals surface area contributed by atoms with E-state index < -0.39 is 6.04 Å². The highest BCUT2D eigenvalue weighted by Crippen LogP contribution is 2.07. The van der Waals surface area contributed by atoms with Crippen molar-refractivity contribution in [3.8, 4) is 0 Å². The van der Waals surface area contributed by atoms with E-state index in [9.17, 15) is 9.59 Å². The van der Waals surface area contributed by atoms with Crippen LogP contribution in [0.15, 0.2) is 0 Å². The molecule has 0 aliphatic heterocycles. The van der Waals surface area contributed by atoms with Crippen molar-refractivity contribution in [3.63, 3.8) is 0 Å². The zero-order valence-corrected chi connectivity index (χ0v) is 10.0. The van der Waals surface area contributed by atoms with Crippen LogP contribution < -0.4 is 5.73 Å². The summed E-state index contributed by atoms with van der Waals surface area (Å²) in [6, 6.07) is -0.523. The second-order valence-corrected chi connectivity index (χ2v) is 3.66. The Labute approximate surface area is 96.3 Å². The van der Waals surface area contributed by atoms with Gasteiger partial charge in [0.05, 0.1) is 14.2 Å². The van der Waals surface area contributed by atoms with E-state index in [1.54, 1.807) is 0 Å². The van der Waals surface area contributed by atoms with Gasteiger partial charge in [-0.3, -0.25) is 9.59 Å². The van der Waals surface area contributed by atoms with Crippen molar-refractivity contribution in [3.05, 3.63) is 0 Å². The standard InChI is InChI=1S/C11H21NO4/c1-15-10(13)8-6-4-3-5-7-9(12)11(14)16-2/h9H,3-8,12H2,1-2H3. The summed E-state index contributed by atoms with van der Waals surface area (Å²) in [5.74, 6) is -0.541. The minimum absolute atomic E-state index is 0.175. The highest BCUT2D eigenvalue weighted by molar-refractivity contribution is 5.75. The van der Waals surface area contributed by atoms with Gasteiger partial charge in [-0.15, -0.1) is 0 Å². The average molecular weight is 231 g/mol. The topological polar surface area (TPSA) is 78.6 Å². The van der Waals surface area contributed by atoms with E-state index in [0.29, 0.717) is 12.8 Å². The number of nitrogens with two attached hydrogens (primary N) is 1. The normalized spacial score (nSPS) is 11.9. The molecule has 0 heterocycles. The van der Waals surface area contributed by atoms with Crippen LogP contribution in [0.4, 0.5) is 0 Å². The first kappa shape index (κ1) is 14.9. The maximum atomic E-state index is 11.0. The molecule has 0 fully saturated rings. The van der Waals surface area contributed by atoms with Gasteiger partial charge < -0.3 is 15.2 Å². The quantitative estimate of drug-likeness (QED) is 0.498. The van der Waals surface area contributed by atoms with Crippen LogP contribution in [0.2, 0.25) is 0 Å². The first-order valence-corrected chi connectivity index (χ1v) is 5.52. The Bertz CT molecular complexity index is 218. The zero-order valence-electron chi connectivity index (χ0n) is 10.0. The molecule has 16 heavy (non-hydrogen) atoms. The molecule has 0 amide bonds. The molecule has 0 spiro atoms. The Balaban J connectivity index is 3.33. The van der Waals surface area contributed by atoms with Crippen molar-refractivity contribution in [2.75, 3.05) is 14.2 Å². The molecule has 0 aromatic rings. The van der Waals surface area contributed by atoms with Crippen LogP contribution in [0.5, 0.6) is 0 Å². The van der Waals surface area contributed by atoms with E-state index in [-0.39, 0.29) is 11.9 Å². The van der Waals surface area contributed by atoms with Gasteiger partial charge in [0, 0.05) is 6.42 Å². The molecule has 0 saturated carbocycles. The average Bonchev–Trinajstić information content (AvgIpc) is 2.31. The number of carbonyl (C=O) groups excluding carboxylic acids is 2. The second kappa shape index (κ2) is 9.15. The van der Waals surface area contributed by atoms with Gasteiger partial charge in [0.25, 0.3) is 0 Å². The minimum Gasteiger partial charge on any atom is -0.469 e. The van der Waals surface area contributed by atoms with E-state index in [1.807, 2.05) is 0 Å². The summed E-state index contributed by atoms with van der Waals surface area (Å²) in [5.41, 5.74) is 5.56. The van der Waals surface area contributed by atoms with Gasteiger partial charge in [-0.1, -0.05) is 19.3 Å². The van der Waals surface area contributed by atoms with Gasteiger partial charge in [-0.2, -0.15) is 0 Å². The molecule has 0 saturated heterocycles. The monoisotopic (exact) mass is 231 g/mol. The summed E-state index contributed by atoms with van der Waals surface area (Å²) in [6.45, 7) is 0. The zero-order chi connectivity index (χ0) is 12.4. The van der Waals surface area contributed by atoms with E-state index >= 15 is 0 Å². The highest BCUT2D eigenvalue weighted by Gasteiger charge is 2.12. The Morgan fingerprint density at radius 1 is 1.06 bits per heavy atom. The van der Waals surface area contributed by atoms with Crippen LogP contribution in [-0.2, 0) is 19.1 Å². The molecule has 0 aliphatic carbocycles. The van der Waals surface area contributed by atoms with E-state index in [2.05, 4.69) is 9.47 Å². The Hall–Kier alpha value is -1.10. The smallest absolute Gasteiger partial charge is 0.322 e. The van der Waals surface area contributed by atoms with Gasteiger partial charge in [-0.05, 0) is 12.8 Å². The molecule has 0 rings (SSSR count). The molecule has 2 N–H and O–H groups in total. The van der Waals surface area contributed by atoms with Crippen molar-refractivity contribution in [1.82, 2.24) is 0 Å². The van der Waals surface area contributed by atoms with Gasteiger partial charge >= 0.3 is 11.9 Å². The molecule has 0 radical (unpaired) electrons. The number of rotatable bonds is 8. The molecule has 0 aliphatic rings. The third kappa shape index (κ3) is 7.23. The Morgan fingerprint density at radius 2 is 1.69 bits per heavy atom. The largest absolute Gasteiger partial charge is 0.469 e. The van der Waals surface area contributed by atoms with Crippen molar-refractivity contribution >= 4 is 11.9 Å². The van der Waals surface area contributed by atoms with E-state index in [0.717, 1.165) is 25.7 Å². The predicted molar refractivity (Wildman–Crippen MR) is 59.7 cm³/mol. The molecule has 1 atom stereocenters. The summed E-state index contributed by atoms with van der Waals surface area (Å²) in [7, 11) is 2.72. The molecule has 5 nitrogen and oxygen atoms in total. The van der Waals surface area contributed by atoms with Crippen molar-refractivity contribution < 1.29 is 19.1 Å². The summed E-state index contributed by atoms with van der Waals surface area (Å²) in [5, 5.41) is 0. The van der Waals surface area contributed by atoms with Crippen LogP contribution in [-0.4, -0.2) is 32.2 Å². The van der Waals surface area contributed by atoms with Crippen LogP contribution in [0.25, 0.3) is 0 Å².